The Morgan fingerprint density at radius 2 is 1.90 bits per heavy atom. The molecule has 0 fully saturated rings. The van der Waals surface area contributed by atoms with Gasteiger partial charge in [0.1, 0.15) is 0 Å². The van der Waals surface area contributed by atoms with Crippen molar-refractivity contribution in [3.05, 3.63) is 58.7 Å². The van der Waals surface area contributed by atoms with Gasteiger partial charge >= 0.3 is 0 Å². The van der Waals surface area contributed by atoms with Gasteiger partial charge in [0.25, 0.3) is 0 Å². The molecule has 0 aromatic rings. The average Bonchev–Trinajstić information content (AvgIpc) is 2.37. The Labute approximate surface area is 130 Å². The van der Waals surface area contributed by atoms with E-state index in [0.717, 1.165) is 5.57 Å². The Bertz CT molecular complexity index is 496. The Morgan fingerprint density at radius 3 is 2.52 bits per heavy atom. The van der Waals surface area contributed by atoms with Gasteiger partial charge < -0.3 is 5.11 Å². The summed E-state index contributed by atoms with van der Waals surface area (Å²) in [6, 6.07) is 0. The number of aliphatic hydroxyl groups is 1. The highest BCUT2D eigenvalue weighted by atomic mass is 16.2. The molecule has 0 atom stereocenters. The first kappa shape index (κ1) is 17.7. The number of allylic oxidation sites excluding steroid dienone is 9. The Balaban J connectivity index is 2.78. The van der Waals surface area contributed by atoms with Crippen LogP contribution in [0.5, 0.6) is 0 Å². The zero-order valence-electron chi connectivity index (χ0n) is 14.2. The van der Waals surface area contributed by atoms with E-state index in [0.29, 0.717) is 5.41 Å². The lowest BCUT2D eigenvalue weighted by Crippen LogP contribution is -2.19. The smallest absolute Gasteiger partial charge is 0.0617 e. The minimum absolute atomic E-state index is 0.0985. The number of rotatable bonds is 5. The second kappa shape index (κ2) is 8.19. The highest BCUT2D eigenvalue weighted by molar-refractivity contribution is 5.37. The van der Waals surface area contributed by atoms with Crippen LogP contribution in [0.4, 0.5) is 0 Å². The number of hydrogen-bond acceptors (Lipinski definition) is 1. The lowest BCUT2D eigenvalue weighted by Gasteiger charge is -2.32. The van der Waals surface area contributed by atoms with Gasteiger partial charge in [-0.05, 0) is 51.0 Å². The lowest BCUT2D eigenvalue weighted by molar-refractivity contribution is 0.342. The molecule has 0 aromatic carbocycles. The van der Waals surface area contributed by atoms with Crippen LogP contribution in [0.2, 0.25) is 0 Å². The minimum Gasteiger partial charge on any atom is -0.392 e. The van der Waals surface area contributed by atoms with Crippen LogP contribution in [-0.4, -0.2) is 11.7 Å². The molecule has 1 nitrogen and oxygen atoms in total. The first-order chi connectivity index (χ1) is 9.86. The Kier molecular flexibility index (Phi) is 6.91. The SMILES string of the molecule is CC(C=C/C=C(/C)C=CC1=C(C)CCCC1(C)C)=CCO. The van der Waals surface area contributed by atoms with E-state index in [2.05, 4.69) is 45.9 Å². The molecule has 1 rings (SSSR count). The highest BCUT2D eigenvalue weighted by Crippen LogP contribution is 2.40. The molecule has 0 amide bonds. The Hall–Kier alpha value is -1.34. The second-order valence-corrected chi connectivity index (χ2v) is 6.67. The fourth-order valence-corrected chi connectivity index (χ4v) is 2.84. The third-order valence-electron chi connectivity index (χ3n) is 4.19. The summed E-state index contributed by atoms with van der Waals surface area (Å²) in [6.07, 6.45) is 16.3. The molecule has 1 aliphatic carbocycles. The zero-order valence-corrected chi connectivity index (χ0v) is 14.2. The number of aliphatic hydroxyl groups excluding tert-OH is 1. The van der Waals surface area contributed by atoms with Crippen molar-refractivity contribution < 1.29 is 5.11 Å². The quantitative estimate of drug-likeness (QED) is 0.661. The van der Waals surface area contributed by atoms with E-state index >= 15 is 0 Å². The van der Waals surface area contributed by atoms with Gasteiger partial charge in [-0.15, -0.1) is 0 Å². The van der Waals surface area contributed by atoms with Crippen molar-refractivity contribution >= 4 is 0 Å². The van der Waals surface area contributed by atoms with Gasteiger partial charge in [-0.3, -0.25) is 0 Å². The van der Waals surface area contributed by atoms with Crippen molar-refractivity contribution in [3.63, 3.8) is 0 Å². The molecule has 0 aromatic heterocycles. The molecule has 1 heteroatoms. The van der Waals surface area contributed by atoms with Gasteiger partial charge in [0.15, 0.2) is 0 Å². The number of hydrogen-bond donors (Lipinski definition) is 1. The fourth-order valence-electron chi connectivity index (χ4n) is 2.84. The molecule has 0 unspecified atom stereocenters. The van der Waals surface area contributed by atoms with Gasteiger partial charge in [0, 0.05) is 0 Å². The second-order valence-electron chi connectivity index (χ2n) is 6.67. The summed E-state index contributed by atoms with van der Waals surface area (Å²) in [5.41, 5.74) is 5.66. The van der Waals surface area contributed by atoms with Crippen molar-refractivity contribution in [2.75, 3.05) is 6.61 Å². The molecule has 1 N–H and O–H groups in total. The van der Waals surface area contributed by atoms with E-state index in [9.17, 15) is 0 Å². The van der Waals surface area contributed by atoms with Crippen LogP contribution in [0.25, 0.3) is 0 Å². The van der Waals surface area contributed by atoms with Crippen molar-refractivity contribution in [1.82, 2.24) is 0 Å². The van der Waals surface area contributed by atoms with E-state index in [-0.39, 0.29) is 6.61 Å². The van der Waals surface area contributed by atoms with Crippen molar-refractivity contribution in [2.45, 2.75) is 53.9 Å². The highest BCUT2D eigenvalue weighted by Gasteiger charge is 2.26. The van der Waals surface area contributed by atoms with Crippen LogP contribution in [0.15, 0.2) is 58.7 Å². The van der Waals surface area contributed by atoms with Crippen LogP contribution in [0.1, 0.15) is 53.9 Å². The van der Waals surface area contributed by atoms with E-state index in [1.165, 1.54) is 36.0 Å². The standard InChI is InChI=1S/C20H30O/c1-16(8-6-9-17(2)13-15-21)11-12-19-18(3)10-7-14-20(19,4)5/h6,8-9,11-13,21H,7,10,14-15H2,1-5H3/b9-6?,12-11?,16-8-,17-13?. The molecule has 21 heavy (non-hydrogen) atoms. The maximum absolute atomic E-state index is 8.81. The molecule has 1 aliphatic rings. The van der Waals surface area contributed by atoms with E-state index in [1.54, 1.807) is 6.08 Å². The van der Waals surface area contributed by atoms with Crippen LogP contribution in [0.3, 0.4) is 0 Å². The van der Waals surface area contributed by atoms with Crippen molar-refractivity contribution in [3.8, 4) is 0 Å². The van der Waals surface area contributed by atoms with Crippen LogP contribution in [0, 0.1) is 5.41 Å². The molecule has 0 saturated heterocycles. The topological polar surface area (TPSA) is 20.2 Å². The maximum atomic E-state index is 8.81. The molecule has 0 aliphatic heterocycles. The van der Waals surface area contributed by atoms with Crippen LogP contribution in [-0.2, 0) is 0 Å². The van der Waals surface area contributed by atoms with Crippen molar-refractivity contribution in [2.24, 2.45) is 5.41 Å². The first-order valence-corrected chi connectivity index (χ1v) is 7.87. The van der Waals surface area contributed by atoms with E-state index in [4.69, 9.17) is 5.11 Å². The maximum Gasteiger partial charge on any atom is 0.0617 e. The van der Waals surface area contributed by atoms with Gasteiger partial charge in [0.2, 0.25) is 0 Å². The van der Waals surface area contributed by atoms with Gasteiger partial charge in [-0.25, -0.2) is 0 Å². The summed E-state index contributed by atoms with van der Waals surface area (Å²) in [5.74, 6) is 0. The molecule has 0 heterocycles. The molecule has 0 bridgehead atoms. The molecule has 0 spiro atoms. The Morgan fingerprint density at radius 1 is 1.19 bits per heavy atom. The van der Waals surface area contributed by atoms with E-state index < -0.39 is 0 Å². The summed E-state index contributed by atoms with van der Waals surface area (Å²) in [5, 5.41) is 8.81. The summed E-state index contributed by atoms with van der Waals surface area (Å²) in [7, 11) is 0. The van der Waals surface area contributed by atoms with E-state index in [1.807, 2.05) is 19.1 Å². The van der Waals surface area contributed by atoms with Crippen LogP contribution >= 0.6 is 0 Å². The molecule has 0 radical (unpaired) electrons. The fraction of sp³-hybridized carbons (Fsp3) is 0.500. The molecular formula is C20H30O. The summed E-state index contributed by atoms with van der Waals surface area (Å²) >= 11 is 0. The monoisotopic (exact) mass is 286 g/mol. The lowest BCUT2D eigenvalue weighted by atomic mass is 9.72. The van der Waals surface area contributed by atoms with Gasteiger partial charge in [0.05, 0.1) is 6.61 Å². The first-order valence-electron chi connectivity index (χ1n) is 7.87. The normalized spacial score (nSPS) is 20.9. The predicted molar refractivity (Wildman–Crippen MR) is 93.2 cm³/mol. The zero-order chi connectivity index (χ0) is 15.9. The average molecular weight is 286 g/mol. The molecule has 116 valence electrons. The summed E-state index contributed by atoms with van der Waals surface area (Å²) < 4.78 is 0. The minimum atomic E-state index is 0.0985. The van der Waals surface area contributed by atoms with Crippen LogP contribution < -0.4 is 0 Å². The van der Waals surface area contributed by atoms with Gasteiger partial charge in [-0.1, -0.05) is 67.0 Å². The van der Waals surface area contributed by atoms with Crippen molar-refractivity contribution in [1.29, 1.82) is 0 Å². The summed E-state index contributed by atoms with van der Waals surface area (Å²) in [6.45, 7) is 11.2. The van der Waals surface area contributed by atoms with Gasteiger partial charge in [-0.2, -0.15) is 0 Å². The largest absolute Gasteiger partial charge is 0.392 e. The molecular weight excluding hydrogens is 256 g/mol. The molecule has 0 saturated carbocycles. The summed E-state index contributed by atoms with van der Waals surface area (Å²) in [4.78, 5) is 0. The third kappa shape index (κ3) is 5.89. The third-order valence-corrected chi connectivity index (χ3v) is 4.19. The predicted octanol–water partition coefficient (Wildman–Crippen LogP) is 5.51.